The summed E-state index contributed by atoms with van der Waals surface area (Å²) in [6.07, 6.45) is 5.65. The number of benzene rings is 1. The van der Waals surface area contributed by atoms with E-state index in [0.29, 0.717) is 6.04 Å². The van der Waals surface area contributed by atoms with E-state index in [1.54, 1.807) is 0 Å². The van der Waals surface area contributed by atoms with Gasteiger partial charge in [0.25, 0.3) is 0 Å². The topological polar surface area (TPSA) is 58.4 Å². The van der Waals surface area contributed by atoms with Gasteiger partial charge in [0, 0.05) is 12.6 Å². The van der Waals surface area contributed by atoms with Crippen molar-refractivity contribution >= 4 is 17.3 Å². The highest BCUT2D eigenvalue weighted by molar-refractivity contribution is 5.86. The maximum atomic E-state index is 12.5. The number of nitrogens with one attached hydrogen (secondary N) is 1. The summed E-state index contributed by atoms with van der Waals surface area (Å²) in [5, 5.41) is 3.19. The maximum Gasteiger partial charge on any atom is 0.242 e. The van der Waals surface area contributed by atoms with Crippen molar-refractivity contribution in [2.75, 3.05) is 17.2 Å². The van der Waals surface area contributed by atoms with E-state index in [0.717, 1.165) is 37.2 Å². The number of nitrogens with two attached hydrogens (primary N) is 1. The van der Waals surface area contributed by atoms with E-state index in [2.05, 4.69) is 17.1 Å². The van der Waals surface area contributed by atoms with Crippen LogP contribution in [0.1, 0.15) is 46.0 Å². The average molecular weight is 289 g/mol. The Balaban J connectivity index is 2.09. The second kappa shape index (κ2) is 7.34. The monoisotopic (exact) mass is 289 g/mol. The summed E-state index contributed by atoms with van der Waals surface area (Å²) in [5.74, 6) is 0.110. The molecule has 3 N–H and O–H groups in total. The second-order valence-electron chi connectivity index (χ2n) is 5.92. The predicted molar refractivity (Wildman–Crippen MR) is 88.4 cm³/mol. The van der Waals surface area contributed by atoms with E-state index >= 15 is 0 Å². The molecule has 1 aromatic rings. The highest BCUT2D eigenvalue weighted by Crippen LogP contribution is 2.25. The maximum absolute atomic E-state index is 12.5. The number of carbonyl (C=O) groups is 1. The van der Waals surface area contributed by atoms with Crippen molar-refractivity contribution in [2.45, 2.75) is 58.0 Å². The van der Waals surface area contributed by atoms with Crippen LogP contribution in [0.2, 0.25) is 0 Å². The lowest BCUT2D eigenvalue weighted by Crippen LogP contribution is -2.48. The van der Waals surface area contributed by atoms with Gasteiger partial charge in [-0.1, -0.05) is 31.9 Å². The molecule has 1 aromatic carbocycles. The zero-order valence-electron chi connectivity index (χ0n) is 13.1. The van der Waals surface area contributed by atoms with E-state index in [1.165, 1.54) is 12.8 Å². The van der Waals surface area contributed by atoms with Crippen LogP contribution in [0.3, 0.4) is 0 Å². The molecular formula is C17H27N3O. The Morgan fingerprint density at radius 1 is 1.38 bits per heavy atom. The van der Waals surface area contributed by atoms with E-state index in [-0.39, 0.29) is 11.9 Å². The van der Waals surface area contributed by atoms with Gasteiger partial charge in [-0.05, 0) is 38.3 Å². The van der Waals surface area contributed by atoms with Crippen molar-refractivity contribution in [3.63, 3.8) is 0 Å². The number of rotatable bonds is 6. The summed E-state index contributed by atoms with van der Waals surface area (Å²) in [5.41, 5.74) is 7.76. The molecule has 21 heavy (non-hydrogen) atoms. The minimum Gasteiger partial charge on any atom is -0.397 e. The number of anilines is 2. The van der Waals surface area contributed by atoms with Gasteiger partial charge in [0.15, 0.2) is 0 Å². The Morgan fingerprint density at radius 2 is 2.05 bits per heavy atom. The molecule has 0 heterocycles. The third-order valence-electron chi connectivity index (χ3n) is 4.26. The number of hydrogen-bond acceptors (Lipinski definition) is 3. The molecule has 1 unspecified atom stereocenters. The lowest BCUT2D eigenvalue weighted by molar-refractivity contribution is -0.122. The minimum atomic E-state index is -0.199. The zero-order chi connectivity index (χ0) is 15.2. The molecule has 0 aliphatic heterocycles. The van der Waals surface area contributed by atoms with Crippen LogP contribution in [0, 0.1) is 0 Å². The number of amides is 1. The second-order valence-corrected chi connectivity index (χ2v) is 5.92. The van der Waals surface area contributed by atoms with Crippen LogP contribution in [0.4, 0.5) is 11.4 Å². The third kappa shape index (κ3) is 3.90. The van der Waals surface area contributed by atoms with Gasteiger partial charge in [-0.2, -0.15) is 0 Å². The Kier molecular flexibility index (Phi) is 5.48. The van der Waals surface area contributed by atoms with Gasteiger partial charge >= 0.3 is 0 Å². The number of para-hydroxylation sites is 2. The highest BCUT2D eigenvalue weighted by atomic mass is 16.2. The van der Waals surface area contributed by atoms with Crippen molar-refractivity contribution in [3.05, 3.63) is 24.3 Å². The standard InChI is InChI=1S/C17H27N3O/c1-3-12-20(16-11-7-6-10-15(16)18)13(2)17(21)19-14-8-4-5-9-14/h6-7,10-11,13-14H,3-5,8-9,12,18H2,1-2H3,(H,19,21). The van der Waals surface area contributed by atoms with Crippen LogP contribution in [0.15, 0.2) is 24.3 Å². The molecule has 1 atom stereocenters. The average Bonchev–Trinajstić information content (AvgIpc) is 2.98. The van der Waals surface area contributed by atoms with Crippen molar-refractivity contribution in [2.24, 2.45) is 0 Å². The third-order valence-corrected chi connectivity index (χ3v) is 4.26. The van der Waals surface area contributed by atoms with Gasteiger partial charge in [0.2, 0.25) is 5.91 Å². The summed E-state index contributed by atoms with van der Waals surface area (Å²) in [4.78, 5) is 14.6. The molecule has 116 valence electrons. The van der Waals surface area contributed by atoms with Crippen LogP contribution >= 0.6 is 0 Å². The number of hydrogen-bond donors (Lipinski definition) is 2. The summed E-state index contributed by atoms with van der Waals surface area (Å²) in [7, 11) is 0. The predicted octanol–water partition coefficient (Wildman–Crippen LogP) is 2.93. The summed E-state index contributed by atoms with van der Waals surface area (Å²) in [6, 6.07) is 7.93. The van der Waals surface area contributed by atoms with E-state index < -0.39 is 0 Å². The largest absolute Gasteiger partial charge is 0.397 e. The van der Waals surface area contributed by atoms with Crippen molar-refractivity contribution in [3.8, 4) is 0 Å². The fourth-order valence-corrected chi connectivity index (χ4v) is 3.05. The van der Waals surface area contributed by atoms with Gasteiger partial charge in [0.05, 0.1) is 11.4 Å². The molecule has 1 aliphatic carbocycles. The van der Waals surface area contributed by atoms with Crippen LogP contribution in [-0.2, 0) is 4.79 Å². The molecule has 4 nitrogen and oxygen atoms in total. The fraction of sp³-hybridized carbons (Fsp3) is 0.588. The van der Waals surface area contributed by atoms with E-state index in [9.17, 15) is 4.79 Å². The molecule has 2 rings (SSSR count). The van der Waals surface area contributed by atoms with Crippen LogP contribution in [0.5, 0.6) is 0 Å². The van der Waals surface area contributed by atoms with Crippen molar-refractivity contribution < 1.29 is 4.79 Å². The lowest BCUT2D eigenvalue weighted by atomic mass is 10.1. The summed E-state index contributed by atoms with van der Waals surface area (Å²) < 4.78 is 0. The SMILES string of the molecule is CCCN(c1ccccc1N)C(C)C(=O)NC1CCCC1. The Bertz CT molecular complexity index is 469. The van der Waals surface area contributed by atoms with E-state index in [1.807, 2.05) is 31.2 Å². The normalized spacial score (nSPS) is 16.7. The molecule has 1 amide bonds. The first-order chi connectivity index (χ1) is 10.1. The van der Waals surface area contributed by atoms with Gasteiger partial charge in [0.1, 0.15) is 6.04 Å². The number of carbonyl (C=O) groups excluding carboxylic acids is 1. The van der Waals surface area contributed by atoms with Crippen LogP contribution < -0.4 is 16.0 Å². The van der Waals surface area contributed by atoms with Crippen molar-refractivity contribution in [1.82, 2.24) is 5.32 Å². The molecule has 1 fully saturated rings. The minimum absolute atomic E-state index is 0.110. The molecule has 0 saturated heterocycles. The molecule has 1 aliphatic rings. The molecular weight excluding hydrogens is 262 g/mol. The zero-order valence-corrected chi connectivity index (χ0v) is 13.1. The Labute approximate surface area is 127 Å². The highest BCUT2D eigenvalue weighted by Gasteiger charge is 2.25. The molecule has 0 spiro atoms. The summed E-state index contributed by atoms with van der Waals surface area (Å²) >= 11 is 0. The number of nitrogen functional groups attached to an aromatic ring is 1. The van der Waals surface area contributed by atoms with Gasteiger partial charge in [-0.25, -0.2) is 0 Å². The van der Waals surface area contributed by atoms with Crippen molar-refractivity contribution in [1.29, 1.82) is 0 Å². The van der Waals surface area contributed by atoms with Crippen LogP contribution in [0.25, 0.3) is 0 Å². The van der Waals surface area contributed by atoms with E-state index in [4.69, 9.17) is 5.73 Å². The molecule has 0 aromatic heterocycles. The molecule has 4 heteroatoms. The number of nitrogens with zero attached hydrogens (tertiary/aromatic N) is 1. The summed E-state index contributed by atoms with van der Waals surface area (Å²) in [6.45, 7) is 4.91. The van der Waals surface area contributed by atoms with Gasteiger partial charge in [-0.15, -0.1) is 0 Å². The Hall–Kier alpha value is -1.71. The smallest absolute Gasteiger partial charge is 0.242 e. The van der Waals surface area contributed by atoms with Gasteiger partial charge in [-0.3, -0.25) is 4.79 Å². The Morgan fingerprint density at radius 3 is 2.67 bits per heavy atom. The molecule has 0 bridgehead atoms. The fourth-order valence-electron chi connectivity index (χ4n) is 3.05. The lowest BCUT2D eigenvalue weighted by Gasteiger charge is -2.32. The first-order valence-electron chi connectivity index (χ1n) is 8.05. The van der Waals surface area contributed by atoms with Gasteiger partial charge < -0.3 is 16.0 Å². The molecule has 1 saturated carbocycles. The van der Waals surface area contributed by atoms with Crippen LogP contribution in [-0.4, -0.2) is 24.5 Å². The molecule has 0 radical (unpaired) electrons. The quantitative estimate of drug-likeness (QED) is 0.792. The first-order valence-corrected chi connectivity index (χ1v) is 8.05. The first kappa shape index (κ1) is 15.7.